The lowest BCUT2D eigenvalue weighted by Gasteiger charge is -2.19. The molecule has 2 aliphatic rings. The Kier molecular flexibility index (Phi) is 6.85. The Morgan fingerprint density at radius 2 is 1.58 bits per heavy atom. The van der Waals surface area contributed by atoms with Gasteiger partial charge in [-0.2, -0.15) is 0 Å². The molecule has 0 aliphatic carbocycles. The van der Waals surface area contributed by atoms with Gasteiger partial charge >= 0.3 is 6.09 Å². The van der Waals surface area contributed by atoms with Crippen molar-refractivity contribution >= 4 is 17.7 Å². The number of fused-ring (bicyclic) bond motifs is 1. The molecule has 0 unspecified atom stereocenters. The Morgan fingerprint density at radius 3 is 2.21 bits per heavy atom. The number of para-hydroxylation sites is 1. The van der Waals surface area contributed by atoms with Crippen LogP contribution in [0, 0.1) is 0 Å². The summed E-state index contributed by atoms with van der Waals surface area (Å²) in [6, 6.07) is 11.7. The first-order valence-electron chi connectivity index (χ1n) is 10.4. The van der Waals surface area contributed by atoms with E-state index in [0.717, 1.165) is 0 Å². The molecular weight excluding hydrogens is 432 g/mol. The van der Waals surface area contributed by atoms with Crippen LogP contribution in [0.3, 0.4) is 0 Å². The molecule has 10 nitrogen and oxygen atoms in total. The lowest BCUT2D eigenvalue weighted by atomic mass is 10.1. The van der Waals surface area contributed by atoms with Gasteiger partial charge in [0.1, 0.15) is 12.2 Å². The number of ether oxygens (including phenoxy) is 6. The van der Waals surface area contributed by atoms with Crippen molar-refractivity contribution in [2.45, 2.75) is 24.4 Å². The first-order chi connectivity index (χ1) is 16.0. The number of carbonyl (C=O) groups is 2. The van der Waals surface area contributed by atoms with Crippen molar-refractivity contribution in [2.24, 2.45) is 0 Å². The van der Waals surface area contributed by atoms with Crippen LogP contribution in [-0.4, -0.2) is 70.9 Å². The molecule has 0 bridgehead atoms. The van der Waals surface area contributed by atoms with E-state index >= 15 is 0 Å². The van der Waals surface area contributed by atoms with E-state index < -0.39 is 30.4 Å². The highest BCUT2D eigenvalue weighted by Gasteiger charge is 2.50. The quantitative estimate of drug-likeness (QED) is 0.650. The van der Waals surface area contributed by atoms with Crippen molar-refractivity contribution in [3.05, 3.63) is 48.0 Å². The Morgan fingerprint density at radius 1 is 0.909 bits per heavy atom. The highest BCUT2D eigenvalue weighted by Crippen LogP contribution is 2.38. The third-order valence-corrected chi connectivity index (χ3v) is 5.53. The van der Waals surface area contributed by atoms with Gasteiger partial charge in [0.2, 0.25) is 5.75 Å². The molecule has 4 rings (SSSR count). The van der Waals surface area contributed by atoms with Crippen molar-refractivity contribution in [1.82, 2.24) is 5.32 Å². The highest BCUT2D eigenvalue weighted by atomic mass is 16.6. The molecule has 33 heavy (non-hydrogen) atoms. The van der Waals surface area contributed by atoms with E-state index in [9.17, 15) is 9.59 Å². The van der Waals surface area contributed by atoms with Gasteiger partial charge in [0, 0.05) is 11.3 Å². The fourth-order valence-corrected chi connectivity index (χ4v) is 3.96. The van der Waals surface area contributed by atoms with Gasteiger partial charge < -0.3 is 33.7 Å². The van der Waals surface area contributed by atoms with Crippen molar-refractivity contribution in [1.29, 1.82) is 0 Å². The van der Waals surface area contributed by atoms with Crippen LogP contribution in [0.2, 0.25) is 0 Å². The zero-order valence-electron chi connectivity index (χ0n) is 18.5. The molecule has 176 valence electrons. The van der Waals surface area contributed by atoms with E-state index in [0.29, 0.717) is 28.5 Å². The Labute approximate surface area is 191 Å². The predicted molar refractivity (Wildman–Crippen MR) is 117 cm³/mol. The van der Waals surface area contributed by atoms with E-state index in [4.69, 9.17) is 28.4 Å². The summed E-state index contributed by atoms with van der Waals surface area (Å²) in [4.78, 5) is 25.1. The van der Waals surface area contributed by atoms with Gasteiger partial charge in [-0.1, -0.05) is 18.2 Å². The number of methoxy groups -OCH3 is 3. The third-order valence-electron chi connectivity index (χ3n) is 5.53. The number of amides is 2. The van der Waals surface area contributed by atoms with Gasteiger partial charge in [-0.3, -0.25) is 10.1 Å². The standard InChI is InChI=1S/C23H26N2O8/c1-28-16-9-13(10-17(29-2)20(16)30-3)22(26)25-15-11-31-21-18(12-32-19(15)21)33-23(27)24-14-7-5-4-6-8-14/h4-10,15,18-19,21H,11-12H2,1-3H3,(H,24,27)(H,25,26)/t15-,18-,19-,21+/m1/s1. The highest BCUT2D eigenvalue weighted by molar-refractivity contribution is 5.96. The fourth-order valence-electron chi connectivity index (χ4n) is 3.96. The molecular formula is C23H26N2O8. The van der Waals surface area contributed by atoms with Crippen LogP contribution in [0.4, 0.5) is 10.5 Å². The van der Waals surface area contributed by atoms with Crippen LogP contribution >= 0.6 is 0 Å². The van der Waals surface area contributed by atoms with E-state index in [-0.39, 0.29) is 19.1 Å². The van der Waals surface area contributed by atoms with Crippen molar-refractivity contribution < 1.29 is 38.0 Å². The maximum absolute atomic E-state index is 12.9. The minimum absolute atomic E-state index is 0.175. The van der Waals surface area contributed by atoms with E-state index in [1.54, 1.807) is 24.3 Å². The van der Waals surface area contributed by atoms with Gasteiger partial charge in [0.05, 0.1) is 40.6 Å². The fraction of sp³-hybridized carbons (Fsp3) is 0.391. The number of anilines is 1. The van der Waals surface area contributed by atoms with Gasteiger partial charge in [0.25, 0.3) is 5.91 Å². The zero-order chi connectivity index (χ0) is 23.4. The average molecular weight is 458 g/mol. The minimum atomic E-state index is -0.594. The number of nitrogens with one attached hydrogen (secondary N) is 2. The molecule has 2 amide bonds. The molecule has 0 radical (unpaired) electrons. The van der Waals surface area contributed by atoms with Crippen LogP contribution in [0.15, 0.2) is 42.5 Å². The zero-order valence-corrected chi connectivity index (χ0v) is 18.5. The third kappa shape index (κ3) is 4.81. The molecule has 2 N–H and O–H groups in total. The van der Waals surface area contributed by atoms with Crippen LogP contribution in [0.1, 0.15) is 10.4 Å². The van der Waals surface area contributed by atoms with E-state index in [1.807, 2.05) is 18.2 Å². The summed E-state index contributed by atoms with van der Waals surface area (Å²) >= 11 is 0. The predicted octanol–water partition coefficient (Wildman–Crippen LogP) is 2.23. The first kappa shape index (κ1) is 22.7. The molecule has 2 aliphatic heterocycles. The van der Waals surface area contributed by atoms with Crippen LogP contribution in [-0.2, 0) is 14.2 Å². The molecule has 0 aromatic heterocycles. The monoisotopic (exact) mass is 458 g/mol. The molecule has 10 heteroatoms. The number of hydrogen-bond acceptors (Lipinski definition) is 8. The number of benzene rings is 2. The van der Waals surface area contributed by atoms with Gasteiger partial charge in [0.15, 0.2) is 17.6 Å². The molecule has 2 aromatic carbocycles. The number of rotatable bonds is 7. The maximum Gasteiger partial charge on any atom is 0.412 e. The van der Waals surface area contributed by atoms with Crippen molar-refractivity contribution in [3.63, 3.8) is 0 Å². The lowest BCUT2D eigenvalue weighted by molar-refractivity contribution is 0.00862. The molecule has 0 saturated carbocycles. The van der Waals surface area contributed by atoms with Crippen LogP contribution in [0.5, 0.6) is 17.2 Å². The van der Waals surface area contributed by atoms with Gasteiger partial charge in [-0.15, -0.1) is 0 Å². The largest absolute Gasteiger partial charge is 0.493 e. The SMILES string of the molecule is COc1cc(C(=O)N[C@@H]2CO[C@@H]3[C@@H]2OC[C@H]3OC(=O)Nc2ccccc2)cc(OC)c1OC. The topological polar surface area (TPSA) is 114 Å². The number of hydrogen-bond donors (Lipinski definition) is 2. The first-order valence-corrected chi connectivity index (χ1v) is 10.4. The smallest absolute Gasteiger partial charge is 0.412 e. The van der Waals surface area contributed by atoms with Crippen LogP contribution in [0.25, 0.3) is 0 Å². The molecule has 2 heterocycles. The maximum atomic E-state index is 12.9. The second kappa shape index (κ2) is 9.97. The molecule has 2 fully saturated rings. The summed E-state index contributed by atoms with van der Waals surface area (Å²) < 4.78 is 33.0. The molecule has 0 spiro atoms. The van der Waals surface area contributed by atoms with Crippen molar-refractivity contribution in [2.75, 3.05) is 39.9 Å². The van der Waals surface area contributed by atoms with Gasteiger partial charge in [-0.25, -0.2) is 4.79 Å². The normalized spacial score (nSPS) is 23.4. The molecule has 4 atom stereocenters. The molecule has 2 saturated heterocycles. The summed E-state index contributed by atoms with van der Waals surface area (Å²) in [5.74, 6) is 0.794. The summed E-state index contributed by atoms with van der Waals surface area (Å²) in [5, 5.41) is 5.59. The Hall–Kier alpha value is -3.50. The average Bonchev–Trinajstić information content (AvgIpc) is 3.41. The van der Waals surface area contributed by atoms with Crippen LogP contribution < -0.4 is 24.8 Å². The Balaban J connectivity index is 1.37. The van der Waals surface area contributed by atoms with Crippen molar-refractivity contribution in [3.8, 4) is 17.2 Å². The second-order valence-electron chi connectivity index (χ2n) is 7.52. The van der Waals surface area contributed by atoms with E-state index in [1.165, 1.54) is 21.3 Å². The summed E-state index contributed by atoms with van der Waals surface area (Å²) in [6.45, 7) is 0.403. The second-order valence-corrected chi connectivity index (χ2v) is 7.52. The van der Waals surface area contributed by atoms with E-state index in [2.05, 4.69) is 10.6 Å². The molecule has 2 aromatic rings. The Bertz CT molecular complexity index is 974. The summed E-state index contributed by atoms with van der Waals surface area (Å²) in [6.07, 6.45) is -2.09. The summed E-state index contributed by atoms with van der Waals surface area (Å²) in [7, 11) is 4.45. The van der Waals surface area contributed by atoms with Gasteiger partial charge in [-0.05, 0) is 24.3 Å². The minimum Gasteiger partial charge on any atom is -0.493 e. The number of carbonyl (C=O) groups excluding carboxylic acids is 2. The lowest BCUT2D eigenvalue weighted by Crippen LogP contribution is -2.44. The summed E-state index contributed by atoms with van der Waals surface area (Å²) in [5.41, 5.74) is 0.960.